The lowest BCUT2D eigenvalue weighted by molar-refractivity contribution is 0.476. The Kier molecular flexibility index (Phi) is 3.40. The molecule has 0 saturated carbocycles. The molecule has 0 aliphatic rings. The first kappa shape index (κ1) is 11.6. The first-order valence-corrected chi connectivity index (χ1v) is 5.61. The van der Waals surface area contributed by atoms with Crippen LogP contribution in [0.4, 0.5) is 4.39 Å². The average Bonchev–Trinajstić information content (AvgIpc) is 2.28. The first-order chi connectivity index (χ1) is 8.17. The van der Waals surface area contributed by atoms with Gasteiger partial charge < -0.3 is 4.74 Å². The summed E-state index contributed by atoms with van der Waals surface area (Å²) in [6, 6.07) is 12.9. The standard InChI is InChI=1S/C13H7BrFNO/c14-10-2-1-3-12(6-10)17-13-5-9(8-16)4-11(15)7-13/h1-7H. The number of nitriles is 1. The highest BCUT2D eigenvalue weighted by molar-refractivity contribution is 9.10. The van der Waals surface area contributed by atoms with Gasteiger partial charge in [-0.3, -0.25) is 0 Å². The molecule has 0 aliphatic heterocycles. The van der Waals surface area contributed by atoms with E-state index in [4.69, 9.17) is 10.00 Å². The molecule has 0 heterocycles. The fraction of sp³-hybridized carbons (Fsp3) is 0. The number of ether oxygens (including phenoxy) is 1. The van der Waals surface area contributed by atoms with Crippen molar-refractivity contribution in [1.29, 1.82) is 5.26 Å². The van der Waals surface area contributed by atoms with Gasteiger partial charge in [0, 0.05) is 10.5 Å². The highest BCUT2D eigenvalue weighted by Crippen LogP contribution is 2.25. The smallest absolute Gasteiger partial charge is 0.131 e. The summed E-state index contributed by atoms with van der Waals surface area (Å²) in [5.74, 6) is 0.391. The van der Waals surface area contributed by atoms with Gasteiger partial charge in [0.05, 0.1) is 11.6 Å². The normalized spacial score (nSPS) is 9.71. The van der Waals surface area contributed by atoms with Gasteiger partial charge in [-0.05, 0) is 30.3 Å². The number of rotatable bonds is 2. The second-order valence-corrected chi connectivity index (χ2v) is 4.26. The van der Waals surface area contributed by atoms with E-state index in [0.29, 0.717) is 11.5 Å². The van der Waals surface area contributed by atoms with E-state index in [9.17, 15) is 4.39 Å². The molecule has 0 fully saturated rings. The number of hydrogen-bond acceptors (Lipinski definition) is 2. The van der Waals surface area contributed by atoms with E-state index in [0.717, 1.165) is 10.5 Å². The minimum atomic E-state index is -0.492. The van der Waals surface area contributed by atoms with Crippen LogP contribution in [0.2, 0.25) is 0 Å². The fourth-order valence-electron chi connectivity index (χ4n) is 1.35. The molecule has 0 aromatic heterocycles. The summed E-state index contributed by atoms with van der Waals surface area (Å²) in [4.78, 5) is 0. The summed E-state index contributed by atoms with van der Waals surface area (Å²) in [5, 5.41) is 8.72. The van der Waals surface area contributed by atoms with Gasteiger partial charge in [0.25, 0.3) is 0 Å². The van der Waals surface area contributed by atoms with Crippen molar-refractivity contribution in [1.82, 2.24) is 0 Å². The van der Waals surface area contributed by atoms with Crippen molar-refractivity contribution in [3.8, 4) is 17.6 Å². The Morgan fingerprint density at radius 3 is 2.65 bits per heavy atom. The lowest BCUT2D eigenvalue weighted by atomic mass is 10.2. The second-order valence-electron chi connectivity index (χ2n) is 3.35. The van der Waals surface area contributed by atoms with Crippen LogP contribution in [0.1, 0.15) is 5.56 Å². The summed E-state index contributed by atoms with van der Waals surface area (Å²) in [6.07, 6.45) is 0. The van der Waals surface area contributed by atoms with Gasteiger partial charge in [0.2, 0.25) is 0 Å². The SMILES string of the molecule is N#Cc1cc(F)cc(Oc2cccc(Br)c2)c1. The van der Waals surface area contributed by atoms with E-state index >= 15 is 0 Å². The maximum absolute atomic E-state index is 13.2. The van der Waals surface area contributed by atoms with E-state index < -0.39 is 5.82 Å². The molecule has 0 spiro atoms. The van der Waals surface area contributed by atoms with E-state index in [-0.39, 0.29) is 5.56 Å². The van der Waals surface area contributed by atoms with Gasteiger partial charge in [0.1, 0.15) is 17.3 Å². The van der Waals surface area contributed by atoms with Gasteiger partial charge in [-0.25, -0.2) is 4.39 Å². The molecule has 17 heavy (non-hydrogen) atoms. The minimum Gasteiger partial charge on any atom is -0.457 e. The van der Waals surface area contributed by atoms with Crippen molar-refractivity contribution >= 4 is 15.9 Å². The van der Waals surface area contributed by atoms with Crippen molar-refractivity contribution in [3.63, 3.8) is 0 Å². The van der Waals surface area contributed by atoms with Crippen LogP contribution in [0.25, 0.3) is 0 Å². The van der Waals surface area contributed by atoms with Crippen LogP contribution < -0.4 is 4.74 Å². The third-order valence-corrected chi connectivity index (χ3v) is 2.53. The lowest BCUT2D eigenvalue weighted by Crippen LogP contribution is -1.87. The Morgan fingerprint density at radius 1 is 1.12 bits per heavy atom. The predicted octanol–water partition coefficient (Wildman–Crippen LogP) is 4.25. The van der Waals surface area contributed by atoms with Crippen LogP contribution >= 0.6 is 15.9 Å². The highest BCUT2D eigenvalue weighted by atomic mass is 79.9. The molecule has 0 unspecified atom stereocenters. The van der Waals surface area contributed by atoms with Gasteiger partial charge in [-0.1, -0.05) is 22.0 Å². The van der Waals surface area contributed by atoms with Gasteiger partial charge >= 0.3 is 0 Å². The lowest BCUT2D eigenvalue weighted by Gasteiger charge is -2.06. The van der Waals surface area contributed by atoms with Crippen molar-refractivity contribution in [2.24, 2.45) is 0 Å². The molecule has 0 N–H and O–H groups in total. The number of halogens is 2. The molecular weight excluding hydrogens is 285 g/mol. The molecule has 2 nitrogen and oxygen atoms in total. The molecule has 4 heteroatoms. The summed E-state index contributed by atoms with van der Waals surface area (Å²) < 4.78 is 19.5. The van der Waals surface area contributed by atoms with Gasteiger partial charge in [-0.15, -0.1) is 0 Å². The second kappa shape index (κ2) is 4.98. The molecule has 0 radical (unpaired) electrons. The van der Waals surface area contributed by atoms with E-state index in [1.54, 1.807) is 12.1 Å². The molecule has 0 saturated heterocycles. The Balaban J connectivity index is 2.30. The van der Waals surface area contributed by atoms with Gasteiger partial charge in [0.15, 0.2) is 0 Å². The van der Waals surface area contributed by atoms with Crippen molar-refractivity contribution in [3.05, 3.63) is 58.3 Å². The molecular formula is C13H7BrFNO. The van der Waals surface area contributed by atoms with E-state index in [1.165, 1.54) is 12.1 Å². The summed E-state index contributed by atoms with van der Waals surface area (Å²) in [5.41, 5.74) is 0.231. The molecule has 2 aromatic carbocycles. The molecule has 0 bridgehead atoms. The van der Waals surface area contributed by atoms with Crippen molar-refractivity contribution < 1.29 is 9.13 Å². The van der Waals surface area contributed by atoms with Crippen LogP contribution in [-0.4, -0.2) is 0 Å². The molecule has 0 atom stereocenters. The van der Waals surface area contributed by atoms with Crippen LogP contribution in [0.15, 0.2) is 46.9 Å². The summed E-state index contributed by atoms with van der Waals surface area (Å²) >= 11 is 3.31. The van der Waals surface area contributed by atoms with E-state index in [1.807, 2.05) is 18.2 Å². The molecule has 2 rings (SSSR count). The zero-order valence-electron chi connectivity index (χ0n) is 8.65. The zero-order valence-corrected chi connectivity index (χ0v) is 10.2. The quantitative estimate of drug-likeness (QED) is 0.828. The third-order valence-electron chi connectivity index (χ3n) is 2.03. The van der Waals surface area contributed by atoms with Crippen LogP contribution in [0, 0.1) is 17.1 Å². The van der Waals surface area contributed by atoms with Gasteiger partial charge in [-0.2, -0.15) is 5.26 Å². The monoisotopic (exact) mass is 291 g/mol. The Labute approximate surface area is 106 Å². The number of hydrogen-bond donors (Lipinski definition) is 0. The molecule has 2 aromatic rings. The highest BCUT2D eigenvalue weighted by Gasteiger charge is 2.03. The zero-order chi connectivity index (χ0) is 12.3. The number of nitrogens with zero attached hydrogens (tertiary/aromatic N) is 1. The van der Waals surface area contributed by atoms with Crippen LogP contribution in [0.5, 0.6) is 11.5 Å². The maximum Gasteiger partial charge on any atom is 0.131 e. The fourth-order valence-corrected chi connectivity index (χ4v) is 1.73. The van der Waals surface area contributed by atoms with Crippen LogP contribution in [-0.2, 0) is 0 Å². The molecule has 84 valence electrons. The summed E-state index contributed by atoms with van der Waals surface area (Å²) in [7, 11) is 0. The first-order valence-electron chi connectivity index (χ1n) is 4.81. The largest absolute Gasteiger partial charge is 0.457 e. The Bertz CT molecular complexity index is 592. The predicted molar refractivity (Wildman–Crippen MR) is 65.3 cm³/mol. The topological polar surface area (TPSA) is 33.0 Å². The third kappa shape index (κ3) is 3.05. The summed E-state index contributed by atoms with van der Waals surface area (Å²) in [6.45, 7) is 0. The molecule has 0 aliphatic carbocycles. The van der Waals surface area contributed by atoms with Crippen LogP contribution in [0.3, 0.4) is 0 Å². The Hall–Kier alpha value is -1.86. The van der Waals surface area contributed by atoms with E-state index in [2.05, 4.69) is 15.9 Å². The van der Waals surface area contributed by atoms with Crippen molar-refractivity contribution in [2.75, 3.05) is 0 Å². The Morgan fingerprint density at radius 2 is 1.94 bits per heavy atom. The minimum absolute atomic E-state index is 0.231. The molecule has 0 amide bonds. The number of benzene rings is 2. The average molecular weight is 292 g/mol. The van der Waals surface area contributed by atoms with Crippen molar-refractivity contribution in [2.45, 2.75) is 0 Å². The maximum atomic E-state index is 13.2.